The van der Waals surface area contributed by atoms with Gasteiger partial charge in [0, 0.05) is 22.4 Å². The van der Waals surface area contributed by atoms with Crippen molar-refractivity contribution in [2.75, 3.05) is 7.11 Å². The molecule has 178 valence electrons. The SMILES string of the molecule is COc1ccc(Cn2nnc(-c3cc(C#Cc4nc(C5CCC5)cs4)ccc3C(F)(F)F)n2)cc1. The first-order valence-electron chi connectivity index (χ1n) is 11.0. The van der Waals surface area contributed by atoms with Gasteiger partial charge in [-0.05, 0) is 59.9 Å². The minimum absolute atomic E-state index is 0.115. The average molecular weight is 496 g/mol. The van der Waals surface area contributed by atoms with E-state index >= 15 is 0 Å². The summed E-state index contributed by atoms with van der Waals surface area (Å²) in [7, 11) is 1.57. The molecule has 0 spiro atoms. The second-order valence-corrected chi connectivity index (χ2v) is 9.06. The minimum atomic E-state index is -4.57. The summed E-state index contributed by atoms with van der Waals surface area (Å²) >= 11 is 1.45. The first-order valence-corrected chi connectivity index (χ1v) is 11.9. The molecule has 1 fully saturated rings. The van der Waals surface area contributed by atoms with Gasteiger partial charge in [-0.1, -0.05) is 24.5 Å². The van der Waals surface area contributed by atoms with Gasteiger partial charge < -0.3 is 4.74 Å². The molecule has 10 heteroatoms. The van der Waals surface area contributed by atoms with E-state index in [9.17, 15) is 13.2 Å². The van der Waals surface area contributed by atoms with Gasteiger partial charge >= 0.3 is 6.18 Å². The smallest absolute Gasteiger partial charge is 0.417 e. The zero-order chi connectivity index (χ0) is 24.4. The summed E-state index contributed by atoms with van der Waals surface area (Å²) in [4.78, 5) is 5.81. The van der Waals surface area contributed by atoms with E-state index < -0.39 is 11.7 Å². The topological polar surface area (TPSA) is 65.7 Å². The third-order valence-corrected chi connectivity index (χ3v) is 6.64. The lowest BCUT2D eigenvalue weighted by Gasteiger charge is -2.22. The van der Waals surface area contributed by atoms with Crippen LogP contribution < -0.4 is 4.74 Å². The normalized spacial score (nSPS) is 13.7. The van der Waals surface area contributed by atoms with Crippen LogP contribution in [0.5, 0.6) is 5.75 Å². The number of nitrogens with zero attached hydrogens (tertiary/aromatic N) is 5. The van der Waals surface area contributed by atoms with Crippen molar-refractivity contribution >= 4 is 11.3 Å². The number of methoxy groups -OCH3 is 1. The van der Waals surface area contributed by atoms with Gasteiger partial charge in [-0.15, -0.1) is 21.5 Å². The van der Waals surface area contributed by atoms with Crippen LogP contribution in [-0.2, 0) is 12.7 Å². The van der Waals surface area contributed by atoms with Gasteiger partial charge in [0.1, 0.15) is 5.75 Å². The van der Waals surface area contributed by atoms with Crippen LogP contribution in [0.3, 0.4) is 0 Å². The zero-order valence-corrected chi connectivity index (χ0v) is 19.5. The van der Waals surface area contributed by atoms with Crippen LogP contribution in [0.4, 0.5) is 13.2 Å². The summed E-state index contributed by atoms with van der Waals surface area (Å²) in [5.74, 6) is 6.99. The predicted molar refractivity (Wildman–Crippen MR) is 125 cm³/mol. The molecular weight excluding hydrogens is 475 g/mol. The zero-order valence-electron chi connectivity index (χ0n) is 18.7. The van der Waals surface area contributed by atoms with Crippen molar-refractivity contribution in [2.45, 2.75) is 37.9 Å². The summed E-state index contributed by atoms with van der Waals surface area (Å²) in [6.45, 7) is 0.255. The number of thiazole rings is 1. The van der Waals surface area contributed by atoms with Crippen LogP contribution in [0.15, 0.2) is 47.8 Å². The van der Waals surface area contributed by atoms with Crippen molar-refractivity contribution in [3.63, 3.8) is 0 Å². The van der Waals surface area contributed by atoms with Crippen molar-refractivity contribution in [1.82, 2.24) is 25.2 Å². The van der Waals surface area contributed by atoms with Crippen LogP contribution in [0.25, 0.3) is 11.4 Å². The van der Waals surface area contributed by atoms with Gasteiger partial charge in [0.2, 0.25) is 5.82 Å². The van der Waals surface area contributed by atoms with Crippen LogP contribution in [0.1, 0.15) is 52.6 Å². The molecule has 0 amide bonds. The number of tetrazole rings is 1. The van der Waals surface area contributed by atoms with E-state index in [0.717, 1.165) is 30.2 Å². The number of benzene rings is 2. The number of rotatable bonds is 5. The van der Waals surface area contributed by atoms with E-state index in [0.29, 0.717) is 22.2 Å². The molecule has 0 saturated heterocycles. The second-order valence-electron chi connectivity index (χ2n) is 8.20. The first-order chi connectivity index (χ1) is 16.9. The van der Waals surface area contributed by atoms with E-state index in [2.05, 4.69) is 32.2 Å². The Morgan fingerprint density at radius 3 is 2.60 bits per heavy atom. The number of hydrogen-bond acceptors (Lipinski definition) is 6. The van der Waals surface area contributed by atoms with Crippen molar-refractivity contribution in [3.8, 4) is 29.0 Å². The molecule has 2 aromatic heterocycles. The van der Waals surface area contributed by atoms with Gasteiger partial charge in [0.15, 0.2) is 5.01 Å². The third kappa shape index (κ3) is 5.20. The Labute approximate surface area is 203 Å². The fraction of sp³-hybridized carbons (Fsp3) is 0.280. The molecule has 0 unspecified atom stereocenters. The standard InChI is InChI=1S/C25H20F3N5OS/c1-34-19-9-5-17(6-10-19)14-33-31-24(30-32-33)20-13-16(7-11-21(20)25(26,27)28)8-12-23-29-22(15-35-23)18-3-2-4-18/h5-7,9-11,13,15,18H,2-4,14H2,1H3. The molecule has 0 radical (unpaired) electrons. The van der Waals surface area contributed by atoms with Gasteiger partial charge in [-0.2, -0.15) is 18.0 Å². The Bertz CT molecular complexity index is 1390. The predicted octanol–water partition coefficient (Wildman–Crippen LogP) is 5.54. The molecule has 35 heavy (non-hydrogen) atoms. The molecule has 0 bridgehead atoms. The van der Waals surface area contributed by atoms with Crippen molar-refractivity contribution in [1.29, 1.82) is 0 Å². The quantitative estimate of drug-likeness (QED) is 0.340. The highest BCUT2D eigenvalue weighted by Gasteiger charge is 2.35. The van der Waals surface area contributed by atoms with E-state index in [4.69, 9.17) is 4.74 Å². The molecule has 2 aromatic carbocycles. The van der Waals surface area contributed by atoms with E-state index in [-0.39, 0.29) is 17.9 Å². The lowest BCUT2D eigenvalue weighted by Crippen LogP contribution is -2.08. The number of halogens is 3. The number of ether oxygens (including phenoxy) is 1. The van der Waals surface area contributed by atoms with Crippen LogP contribution in [0, 0.1) is 11.8 Å². The molecule has 0 atom stereocenters. The Kier molecular flexibility index (Phi) is 6.26. The fourth-order valence-corrected chi connectivity index (χ4v) is 4.47. The maximum Gasteiger partial charge on any atom is 0.417 e. The second kappa shape index (κ2) is 9.50. The third-order valence-electron chi connectivity index (χ3n) is 5.86. The van der Waals surface area contributed by atoms with Crippen molar-refractivity contribution in [3.05, 3.63) is 75.2 Å². The molecule has 1 aliphatic carbocycles. The molecule has 0 aliphatic heterocycles. The Morgan fingerprint density at radius 1 is 1.11 bits per heavy atom. The fourth-order valence-electron chi connectivity index (χ4n) is 3.73. The molecule has 5 rings (SSSR count). The highest BCUT2D eigenvalue weighted by Crippen LogP contribution is 2.37. The van der Waals surface area contributed by atoms with E-state index in [1.54, 1.807) is 19.2 Å². The van der Waals surface area contributed by atoms with Crippen LogP contribution in [0.2, 0.25) is 0 Å². The van der Waals surface area contributed by atoms with Gasteiger partial charge in [-0.25, -0.2) is 4.98 Å². The molecule has 4 aromatic rings. The Balaban J connectivity index is 1.41. The summed E-state index contributed by atoms with van der Waals surface area (Å²) in [5, 5.41) is 14.7. The average Bonchev–Trinajstić information content (AvgIpc) is 3.46. The van der Waals surface area contributed by atoms with Crippen molar-refractivity contribution in [2.24, 2.45) is 0 Å². The molecule has 1 saturated carbocycles. The van der Waals surface area contributed by atoms with Gasteiger partial charge in [0.25, 0.3) is 0 Å². The minimum Gasteiger partial charge on any atom is -0.497 e. The van der Waals surface area contributed by atoms with Gasteiger partial charge in [-0.3, -0.25) is 0 Å². The van der Waals surface area contributed by atoms with Crippen LogP contribution in [-0.4, -0.2) is 32.3 Å². The van der Waals surface area contributed by atoms with E-state index in [1.807, 2.05) is 17.5 Å². The van der Waals surface area contributed by atoms with Crippen molar-refractivity contribution < 1.29 is 17.9 Å². The molecular formula is C25H20F3N5OS. The number of aromatic nitrogens is 5. The Hall–Kier alpha value is -3.71. The summed E-state index contributed by atoms with van der Waals surface area (Å²) < 4.78 is 46.3. The Morgan fingerprint density at radius 2 is 1.91 bits per heavy atom. The summed E-state index contributed by atoms with van der Waals surface area (Å²) in [5.41, 5.74) is 1.32. The van der Waals surface area contributed by atoms with Gasteiger partial charge in [0.05, 0.1) is 24.9 Å². The lowest BCUT2D eigenvalue weighted by atomic mass is 9.83. The number of alkyl halides is 3. The monoisotopic (exact) mass is 495 g/mol. The number of hydrogen-bond donors (Lipinski definition) is 0. The maximum atomic E-state index is 13.7. The molecule has 6 nitrogen and oxygen atoms in total. The molecule has 2 heterocycles. The molecule has 1 aliphatic rings. The van der Waals surface area contributed by atoms with Crippen LogP contribution >= 0.6 is 11.3 Å². The molecule has 0 N–H and O–H groups in total. The first kappa shape index (κ1) is 23.1. The highest BCUT2D eigenvalue weighted by molar-refractivity contribution is 7.10. The lowest BCUT2D eigenvalue weighted by molar-refractivity contribution is -0.137. The summed E-state index contributed by atoms with van der Waals surface area (Å²) in [6.07, 6.45) is -1.07. The largest absolute Gasteiger partial charge is 0.497 e. The summed E-state index contributed by atoms with van der Waals surface area (Å²) in [6, 6.07) is 10.9. The maximum absolute atomic E-state index is 13.7. The van der Waals surface area contributed by atoms with E-state index in [1.165, 1.54) is 34.7 Å². The highest BCUT2D eigenvalue weighted by atomic mass is 32.1.